The van der Waals surface area contributed by atoms with Crippen LogP contribution in [0, 0.1) is 5.92 Å². The van der Waals surface area contributed by atoms with Gasteiger partial charge in [-0.25, -0.2) is 0 Å². The van der Waals surface area contributed by atoms with Gasteiger partial charge >= 0.3 is 5.97 Å². The van der Waals surface area contributed by atoms with Gasteiger partial charge in [-0.15, -0.1) is 12.4 Å². The molecule has 0 aliphatic carbocycles. The third-order valence-electron chi connectivity index (χ3n) is 2.41. The van der Waals surface area contributed by atoms with Gasteiger partial charge in [0.15, 0.2) is 0 Å². The van der Waals surface area contributed by atoms with Crippen molar-refractivity contribution in [2.24, 2.45) is 5.92 Å². The van der Waals surface area contributed by atoms with Gasteiger partial charge in [-0.05, 0) is 38.8 Å². The molecule has 1 aliphatic heterocycles. The molecule has 1 aliphatic rings. The maximum atomic E-state index is 11.2. The number of rotatable bonds is 3. The van der Waals surface area contributed by atoms with Crippen LogP contribution in [-0.4, -0.2) is 25.7 Å². The molecule has 0 aromatic carbocycles. The van der Waals surface area contributed by atoms with Gasteiger partial charge in [0, 0.05) is 6.42 Å². The van der Waals surface area contributed by atoms with E-state index in [2.05, 4.69) is 5.32 Å². The van der Waals surface area contributed by atoms with Gasteiger partial charge < -0.3 is 10.1 Å². The van der Waals surface area contributed by atoms with Crippen molar-refractivity contribution in [2.45, 2.75) is 32.6 Å². The van der Waals surface area contributed by atoms with Crippen molar-refractivity contribution in [3.63, 3.8) is 0 Å². The summed E-state index contributed by atoms with van der Waals surface area (Å²) in [7, 11) is 0. The van der Waals surface area contributed by atoms with E-state index in [1.54, 1.807) is 0 Å². The van der Waals surface area contributed by atoms with Crippen molar-refractivity contribution in [1.29, 1.82) is 0 Å². The summed E-state index contributed by atoms with van der Waals surface area (Å²) in [5, 5.41) is 3.34. The monoisotopic (exact) mass is 221 g/mol. The highest BCUT2D eigenvalue weighted by atomic mass is 35.5. The van der Waals surface area contributed by atoms with Crippen molar-refractivity contribution in [3.8, 4) is 0 Å². The summed E-state index contributed by atoms with van der Waals surface area (Å²) in [4.78, 5) is 11.2. The SMILES string of the molecule is CCOC(=O)CC1CCCCNC1.Cl. The van der Waals surface area contributed by atoms with E-state index in [9.17, 15) is 4.79 Å². The van der Waals surface area contributed by atoms with Gasteiger partial charge in [-0.2, -0.15) is 0 Å². The molecular formula is C10H20ClNO2. The first-order chi connectivity index (χ1) is 6.33. The first-order valence-electron chi connectivity index (χ1n) is 5.19. The quantitative estimate of drug-likeness (QED) is 0.738. The summed E-state index contributed by atoms with van der Waals surface area (Å²) in [5.74, 6) is 0.442. The Morgan fingerprint density at radius 1 is 1.50 bits per heavy atom. The molecule has 0 spiro atoms. The smallest absolute Gasteiger partial charge is 0.306 e. The van der Waals surface area contributed by atoms with E-state index < -0.39 is 0 Å². The number of ether oxygens (including phenoxy) is 1. The van der Waals surface area contributed by atoms with Gasteiger partial charge in [-0.1, -0.05) is 6.42 Å². The van der Waals surface area contributed by atoms with Crippen LogP contribution < -0.4 is 5.32 Å². The molecule has 0 bridgehead atoms. The van der Waals surface area contributed by atoms with Crippen LogP contribution in [0.3, 0.4) is 0 Å². The number of carbonyl (C=O) groups is 1. The molecular weight excluding hydrogens is 202 g/mol. The van der Waals surface area contributed by atoms with Crippen molar-refractivity contribution >= 4 is 18.4 Å². The second-order valence-electron chi connectivity index (χ2n) is 3.58. The van der Waals surface area contributed by atoms with Crippen LogP contribution in [0.2, 0.25) is 0 Å². The third-order valence-corrected chi connectivity index (χ3v) is 2.41. The lowest BCUT2D eigenvalue weighted by Crippen LogP contribution is -2.23. The second-order valence-corrected chi connectivity index (χ2v) is 3.58. The Balaban J connectivity index is 0.00000169. The van der Waals surface area contributed by atoms with Crippen LogP contribution in [0.5, 0.6) is 0 Å². The largest absolute Gasteiger partial charge is 0.466 e. The number of hydrogen-bond acceptors (Lipinski definition) is 3. The highest BCUT2D eigenvalue weighted by Crippen LogP contribution is 2.15. The minimum atomic E-state index is -0.0452. The number of hydrogen-bond donors (Lipinski definition) is 1. The van der Waals surface area contributed by atoms with E-state index in [-0.39, 0.29) is 18.4 Å². The Hall–Kier alpha value is -0.280. The Labute approximate surface area is 92.0 Å². The van der Waals surface area contributed by atoms with Gasteiger partial charge in [0.05, 0.1) is 6.61 Å². The fourth-order valence-electron chi connectivity index (χ4n) is 1.72. The maximum absolute atomic E-state index is 11.2. The first kappa shape index (κ1) is 13.7. The molecule has 0 radical (unpaired) electrons. The Morgan fingerprint density at radius 2 is 2.29 bits per heavy atom. The van der Waals surface area contributed by atoms with E-state index in [4.69, 9.17) is 4.74 Å². The summed E-state index contributed by atoms with van der Waals surface area (Å²) < 4.78 is 4.92. The molecule has 1 rings (SSSR count). The molecule has 1 unspecified atom stereocenters. The molecule has 0 aromatic heterocycles. The van der Waals surface area contributed by atoms with E-state index in [1.807, 2.05) is 6.92 Å². The predicted octanol–water partition coefficient (Wildman–Crippen LogP) is 1.75. The summed E-state index contributed by atoms with van der Waals surface area (Å²) in [6.07, 6.45) is 4.21. The van der Waals surface area contributed by atoms with Gasteiger partial charge in [0.2, 0.25) is 0 Å². The average molecular weight is 222 g/mol. The molecule has 1 N–H and O–H groups in total. The molecule has 14 heavy (non-hydrogen) atoms. The molecule has 84 valence electrons. The molecule has 0 aromatic rings. The number of nitrogens with one attached hydrogen (secondary N) is 1. The molecule has 1 atom stereocenters. The zero-order valence-electron chi connectivity index (χ0n) is 8.75. The first-order valence-corrected chi connectivity index (χ1v) is 5.19. The maximum Gasteiger partial charge on any atom is 0.306 e. The zero-order valence-corrected chi connectivity index (χ0v) is 9.57. The van der Waals surface area contributed by atoms with Gasteiger partial charge in [0.1, 0.15) is 0 Å². The van der Waals surface area contributed by atoms with Crippen LogP contribution in [0.4, 0.5) is 0 Å². The van der Waals surface area contributed by atoms with Crippen molar-refractivity contribution in [1.82, 2.24) is 5.32 Å². The number of esters is 1. The Bertz CT molecular complexity index is 156. The molecule has 0 amide bonds. The van der Waals surface area contributed by atoms with Crippen LogP contribution >= 0.6 is 12.4 Å². The lowest BCUT2D eigenvalue weighted by Gasteiger charge is -2.12. The lowest BCUT2D eigenvalue weighted by molar-refractivity contribution is -0.144. The minimum absolute atomic E-state index is 0. The Kier molecular flexibility index (Phi) is 7.90. The summed E-state index contributed by atoms with van der Waals surface area (Å²) >= 11 is 0. The molecule has 1 fully saturated rings. The van der Waals surface area contributed by atoms with Crippen LogP contribution in [0.1, 0.15) is 32.6 Å². The standard InChI is InChI=1S/C10H19NO2.ClH/c1-2-13-10(12)7-9-5-3-4-6-11-8-9;/h9,11H,2-8H2,1H3;1H. The number of carbonyl (C=O) groups excluding carboxylic acids is 1. The fourth-order valence-corrected chi connectivity index (χ4v) is 1.72. The van der Waals surface area contributed by atoms with Crippen LogP contribution in [0.15, 0.2) is 0 Å². The molecule has 1 heterocycles. The topological polar surface area (TPSA) is 38.3 Å². The highest BCUT2D eigenvalue weighted by molar-refractivity contribution is 5.85. The molecule has 4 heteroatoms. The summed E-state index contributed by atoms with van der Waals surface area (Å²) in [6.45, 7) is 4.42. The summed E-state index contributed by atoms with van der Waals surface area (Å²) in [6, 6.07) is 0. The average Bonchev–Trinajstić information content (AvgIpc) is 2.33. The van der Waals surface area contributed by atoms with E-state index in [0.717, 1.165) is 19.5 Å². The molecule has 1 saturated heterocycles. The van der Waals surface area contributed by atoms with Crippen molar-refractivity contribution < 1.29 is 9.53 Å². The predicted molar refractivity (Wildman–Crippen MR) is 58.7 cm³/mol. The highest BCUT2D eigenvalue weighted by Gasteiger charge is 2.15. The van der Waals surface area contributed by atoms with Crippen LogP contribution in [-0.2, 0) is 9.53 Å². The Morgan fingerprint density at radius 3 is 3.00 bits per heavy atom. The van der Waals surface area contributed by atoms with E-state index in [1.165, 1.54) is 12.8 Å². The molecule has 0 saturated carbocycles. The van der Waals surface area contributed by atoms with Gasteiger partial charge in [0.25, 0.3) is 0 Å². The second kappa shape index (κ2) is 8.06. The van der Waals surface area contributed by atoms with E-state index in [0.29, 0.717) is 18.9 Å². The van der Waals surface area contributed by atoms with Crippen molar-refractivity contribution in [3.05, 3.63) is 0 Å². The zero-order chi connectivity index (χ0) is 9.52. The van der Waals surface area contributed by atoms with Gasteiger partial charge in [-0.3, -0.25) is 4.79 Å². The summed E-state index contributed by atoms with van der Waals surface area (Å²) in [5.41, 5.74) is 0. The third kappa shape index (κ3) is 5.45. The minimum Gasteiger partial charge on any atom is -0.466 e. The van der Waals surface area contributed by atoms with Crippen LogP contribution in [0.25, 0.3) is 0 Å². The normalized spacial score (nSPS) is 21.9. The van der Waals surface area contributed by atoms with E-state index >= 15 is 0 Å². The molecule has 3 nitrogen and oxygen atoms in total. The van der Waals surface area contributed by atoms with Crippen molar-refractivity contribution in [2.75, 3.05) is 19.7 Å². The number of halogens is 1. The lowest BCUT2D eigenvalue weighted by atomic mass is 10.00. The fraction of sp³-hybridized carbons (Fsp3) is 0.900.